The van der Waals surface area contributed by atoms with Gasteiger partial charge >= 0.3 is 59.1 Å². The van der Waals surface area contributed by atoms with Crippen LogP contribution in [0.4, 0.5) is 0 Å². The molecule has 1 aromatic rings. The molecule has 44 valence electrons. The minimum absolute atomic E-state index is 0.273. The molecule has 0 fully saturated rings. The molecule has 0 spiro atoms. The fourth-order valence-electron chi connectivity index (χ4n) is 0.567. The first-order valence-electron chi connectivity index (χ1n) is 2.55. The molecular formula is C6H6BPS. The molecule has 1 rings (SSSR count). The Morgan fingerprint density at radius 3 is 2.11 bits per heavy atom. The zero-order valence-corrected chi connectivity index (χ0v) is 6.69. The van der Waals surface area contributed by atoms with Gasteiger partial charge in [0.25, 0.3) is 0 Å². The van der Waals surface area contributed by atoms with Gasteiger partial charge in [-0.25, -0.2) is 0 Å². The molecule has 0 radical (unpaired) electrons. The first kappa shape index (κ1) is 6.92. The third-order valence-electron chi connectivity index (χ3n) is 0.997. The SMILES string of the molecule is B#S(=P)c1ccccc1. The molecule has 0 aliphatic heterocycles. The number of hydrogen-bond acceptors (Lipinski definition) is 0. The van der Waals surface area contributed by atoms with Gasteiger partial charge in [0.2, 0.25) is 0 Å². The normalized spacial score (nSPS) is 9.11. The van der Waals surface area contributed by atoms with Crippen molar-refractivity contribution in [3.63, 3.8) is 0 Å². The van der Waals surface area contributed by atoms with Gasteiger partial charge in [0, 0.05) is 0 Å². The molecule has 0 N–H and O–H groups in total. The minimum atomic E-state index is -0.273. The molecule has 0 nitrogen and oxygen atoms in total. The Bertz CT molecular complexity index is 300. The topological polar surface area (TPSA) is 0 Å². The Kier molecular flexibility index (Phi) is 2.38. The van der Waals surface area contributed by atoms with Crippen LogP contribution in [-0.2, 0) is 9.31 Å². The summed E-state index contributed by atoms with van der Waals surface area (Å²) in [6.45, 7) is 5.56. The van der Waals surface area contributed by atoms with Crippen LogP contribution in [0.5, 0.6) is 0 Å². The molecule has 0 amide bonds. The molecule has 0 aliphatic carbocycles. The van der Waals surface area contributed by atoms with Gasteiger partial charge in [-0.2, -0.15) is 0 Å². The number of hydrogen-bond donors (Lipinski definition) is 0. The van der Waals surface area contributed by atoms with E-state index in [1.54, 1.807) is 0 Å². The first-order valence-corrected chi connectivity index (χ1v) is 5.07. The summed E-state index contributed by atoms with van der Waals surface area (Å²) in [5, 5.41) is 0. The summed E-state index contributed by atoms with van der Waals surface area (Å²) in [4.78, 5) is 1.13. The molecule has 0 atom stereocenters. The van der Waals surface area contributed by atoms with E-state index >= 15 is 0 Å². The number of benzene rings is 1. The standard InChI is InChI=1S/C6H6BPS/c7-9(8)6-4-2-1-3-5-6/h1-5,8H. The Hall–Kier alpha value is -0.195. The maximum absolute atomic E-state index is 5.56. The fraction of sp³-hybridized carbons (Fsp3) is 0. The van der Waals surface area contributed by atoms with E-state index in [1.165, 1.54) is 0 Å². The monoisotopic (exact) mass is 152 g/mol. The van der Waals surface area contributed by atoms with E-state index in [-0.39, 0.29) is 9.31 Å². The predicted octanol–water partition coefficient (Wildman–Crippen LogP) is 1.81. The molecular weight excluding hydrogens is 146 g/mol. The molecule has 1 aromatic carbocycles. The van der Waals surface area contributed by atoms with Crippen molar-refractivity contribution in [2.75, 3.05) is 0 Å². The average Bonchev–Trinajstić information content (AvgIpc) is 1.90. The second kappa shape index (κ2) is 3.10. The van der Waals surface area contributed by atoms with E-state index in [4.69, 9.17) is 6.53 Å². The van der Waals surface area contributed by atoms with Crippen LogP contribution < -0.4 is 0 Å². The van der Waals surface area contributed by atoms with Crippen molar-refractivity contribution < 1.29 is 0 Å². The van der Waals surface area contributed by atoms with Crippen molar-refractivity contribution in [2.45, 2.75) is 4.90 Å². The van der Waals surface area contributed by atoms with Crippen LogP contribution in [0.1, 0.15) is 0 Å². The van der Waals surface area contributed by atoms with Gasteiger partial charge in [-0.05, 0) is 0 Å². The van der Waals surface area contributed by atoms with Crippen LogP contribution in [0, 0.1) is 0 Å². The summed E-state index contributed by atoms with van der Waals surface area (Å²) in [5.41, 5.74) is 0. The first-order chi connectivity index (χ1) is 4.30. The van der Waals surface area contributed by atoms with E-state index in [0.29, 0.717) is 0 Å². The van der Waals surface area contributed by atoms with Crippen LogP contribution in [-0.4, -0.2) is 6.53 Å². The fourth-order valence-corrected chi connectivity index (χ4v) is 1.43. The molecule has 0 saturated carbocycles. The van der Waals surface area contributed by atoms with Crippen LogP contribution in [0.3, 0.4) is 0 Å². The third kappa shape index (κ3) is 1.89. The zero-order chi connectivity index (χ0) is 6.69. The summed E-state index contributed by atoms with van der Waals surface area (Å²) in [7, 11) is 3.06. The van der Waals surface area contributed by atoms with E-state index in [2.05, 4.69) is 8.02 Å². The van der Waals surface area contributed by atoms with E-state index < -0.39 is 0 Å². The molecule has 0 aromatic heterocycles. The second-order valence-corrected chi connectivity index (χ2v) is 4.12. The van der Waals surface area contributed by atoms with Crippen molar-refractivity contribution in [1.82, 2.24) is 0 Å². The van der Waals surface area contributed by atoms with Gasteiger partial charge in [0.05, 0.1) is 0 Å². The average molecular weight is 152 g/mol. The van der Waals surface area contributed by atoms with Gasteiger partial charge in [0.15, 0.2) is 0 Å². The second-order valence-electron chi connectivity index (χ2n) is 1.65. The summed E-state index contributed by atoms with van der Waals surface area (Å²) in [6.07, 6.45) is 0. The third-order valence-corrected chi connectivity index (χ3v) is 2.48. The molecule has 3 heteroatoms. The van der Waals surface area contributed by atoms with Crippen LogP contribution >= 0.6 is 8.02 Å². The zero-order valence-electron chi connectivity index (χ0n) is 4.87. The maximum atomic E-state index is 5.56. The summed E-state index contributed by atoms with van der Waals surface area (Å²) >= 11 is 0. The predicted molar refractivity (Wildman–Crippen MR) is 46.1 cm³/mol. The van der Waals surface area contributed by atoms with Crippen LogP contribution in [0.2, 0.25) is 0 Å². The number of rotatable bonds is 0. The van der Waals surface area contributed by atoms with Crippen molar-refractivity contribution in [3.8, 4) is 0 Å². The van der Waals surface area contributed by atoms with E-state index in [0.717, 1.165) is 4.90 Å². The molecule has 0 saturated heterocycles. The quantitative estimate of drug-likeness (QED) is 0.392. The summed E-state index contributed by atoms with van der Waals surface area (Å²) in [6, 6.07) is 9.92. The molecule has 9 heavy (non-hydrogen) atoms. The molecule has 0 bridgehead atoms. The van der Waals surface area contributed by atoms with Gasteiger partial charge in [-0.1, -0.05) is 0 Å². The summed E-state index contributed by atoms with van der Waals surface area (Å²) in [5.74, 6) is 0. The van der Waals surface area contributed by atoms with E-state index in [9.17, 15) is 0 Å². The molecule has 0 unspecified atom stereocenters. The summed E-state index contributed by atoms with van der Waals surface area (Å²) < 4.78 is 0. The van der Waals surface area contributed by atoms with Crippen molar-refractivity contribution >= 4 is 23.9 Å². The van der Waals surface area contributed by atoms with E-state index in [1.807, 2.05) is 30.3 Å². The molecule has 0 aliphatic rings. The van der Waals surface area contributed by atoms with Crippen molar-refractivity contribution in [3.05, 3.63) is 30.3 Å². The Labute approximate surface area is 59.6 Å². The Balaban J connectivity index is 3.18. The van der Waals surface area contributed by atoms with Gasteiger partial charge in [-0.3, -0.25) is 0 Å². The molecule has 0 heterocycles. The van der Waals surface area contributed by atoms with Crippen molar-refractivity contribution in [2.24, 2.45) is 0 Å². The van der Waals surface area contributed by atoms with Crippen molar-refractivity contribution in [1.29, 1.82) is 0 Å². The van der Waals surface area contributed by atoms with Gasteiger partial charge < -0.3 is 0 Å². The Morgan fingerprint density at radius 1 is 1.22 bits per heavy atom. The van der Waals surface area contributed by atoms with Gasteiger partial charge in [-0.15, -0.1) is 0 Å². The van der Waals surface area contributed by atoms with Crippen LogP contribution in [0.15, 0.2) is 35.2 Å². The Morgan fingerprint density at radius 2 is 1.78 bits per heavy atom. The van der Waals surface area contributed by atoms with Gasteiger partial charge in [0.1, 0.15) is 0 Å². The van der Waals surface area contributed by atoms with Crippen LogP contribution in [0.25, 0.3) is 0 Å².